The van der Waals surface area contributed by atoms with Crippen LogP contribution in [-0.4, -0.2) is 11.9 Å². The van der Waals surface area contributed by atoms with Crippen LogP contribution in [0.1, 0.15) is 49.7 Å². The van der Waals surface area contributed by atoms with Crippen molar-refractivity contribution >= 4 is 28.5 Å². The van der Waals surface area contributed by atoms with Gasteiger partial charge in [-0.3, -0.25) is 4.79 Å². The molecule has 0 fully saturated rings. The summed E-state index contributed by atoms with van der Waals surface area (Å²) in [6, 6.07) is 5.52. The Labute approximate surface area is 130 Å². The van der Waals surface area contributed by atoms with E-state index >= 15 is 0 Å². The predicted octanol–water partition coefficient (Wildman–Crippen LogP) is 4.95. The summed E-state index contributed by atoms with van der Waals surface area (Å²) in [5, 5.41) is 4.54. The zero-order chi connectivity index (χ0) is 15.6. The van der Waals surface area contributed by atoms with Gasteiger partial charge in [0.1, 0.15) is 5.58 Å². The van der Waals surface area contributed by atoms with E-state index < -0.39 is 0 Å². The van der Waals surface area contributed by atoms with Gasteiger partial charge in [-0.15, -0.1) is 0 Å². The van der Waals surface area contributed by atoms with Gasteiger partial charge >= 0.3 is 0 Å². The second-order valence-electron chi connectivity index (χ2n) is 6.04. The molecule has 21 heavy (non-hydrogen) atoms. The fourth-order valence-electron chi connectivity index (χ4n) is 2.35. The molecular weight excluding hydrogens is 286 g/mol. The number of hydrogen-bond donors (Lipinski definition) is 1. The highest BCUT2D eigenvalue weighted by Gasteiger charge is 2.19. The quantitative estimate of drug-likeness (QED) is 0.849. The molecule has 1 amide bonds. The number of carbonyl (C=O) groups excluding carboxylic acids is 1. The van der Waals surface area contributed by atoms with Crippen molar-refractivity contribution in [3.63, 3.8) is 0 Å². The van der Waals surface area contributed by atoms with E-state index in [9.17, 15) is 4.79 Å². The molecule has 1 aromatic carbocycles. The van der Waals surface area contributed by atoms with Gasteiger partial charge in [0, 0.05) is 22.0 Å². The molecule has 0 radical (unpaired) electrons. The molecule has 1 heterocycles. The Bertz CT molecular complexity index is 646. The van der Waals surface area contributed by atoms with Crippen molar-refractivity contribution in [2.24, 2.45) is 5.92 Å². The molecule has 2 aromatic rings. The van der Waals surface area contributed by atoms with Crippen LogP contribution in [0.15, 0.2) is 22.6 Å². The minimum Gasteiger partial charge on any atom is -0.451 e. The number of nitrogens with one attached hydrogen (secondary N) is 1. The number of rotatable bonds is 5. The zero-order valence-electron chi connectivity index (χ0n) is 13.0. The topological polar surface area (TPSA) is 42.2 Å². The number of hydrogen-bond acceptors (Lipinski definition) is 2. The van der Waals surface area contributed by atoms with Gasteiger partial charge in [-0.05, 0) is 50.8 Å². The number of furan rings is 1. The third-order valence-electron chi connectivity index (χ3n) is 3.66. The van der Waals surface area contributed by atoms with E-state index in [0.29, 0.717) is 22.3 Å². The summed E-state index contributed by atoms with van der Waals surface area (Å²) in [6.45, 7) is 8.27. The lowest BCUT2D eigenvalue weighted by molar-refractivity contribution is 0.0910. The first-order valence-electron chi connectivity index (χ1n) is 7.38. The van der Waals surface area contributed by atoms with Crippen molar-refractivity contribution in [3.05, 3.63) is 34.5 Å². The van der Waals surface area contributed by atoms with Crippen LogP contribution in [0, 0.1) is 12.8 Å². The van der Waals surface area contributed by atoms with Gasteiger partial charge in [-0.1, -0.05) is 25.4 Å². The molecule has 3 nitrogen and oxygen atoms in total. The second-order valence-corrected chi connectivity index (χ2v) is 6.48. The molecule has 1 N–H and O–H groups in total. The molecule has 4 heteroatoms. The molecule has 0 aliphatic rings. The fraction of sp³-hybridized carbons (Fsp3) is 0.471. The van der Waals surface area contributed by atoms with Crippen molar-refractivity contribution in [1.29, 1.82) is 0 Å². The van der Waals surface area contributed by atoms with Crippen molar-refractivity contribution in [2.75, 3.05) is 0 Å². The van der Waals surface area contributed by atoms with Crippen molar-refractivity contribution in [2.45, 2.75) is 46.6 Å². The lowest BCUT2D eigenvalue weighted by Gasteiger charge is -2.14. The van der Waals surface area contributed by atoms with Crippen LogP contribution >= 0.6 is 11.6 Å². The molecule has 1 unspecified atom stereocenters. The van der Waals surface area contributed by atoms with E-state index in [1.54, 1.807) is 12.1 Å². The monoisotopic (exact) mass is 307 g/mol. The Kier molecular flexibility index (Phi) is 4.94. The van der Waals surface area contributed by atoms with Crippen LogP contribution < -0.4 is 5.32 Å². The maximum atomic E-state index is 12.3. The van der Waals surface area contributed by atoms with E-state index in [0.717, 1.165) is 23.8 Å². The summed E-state index contributed by atoms with van der Waals surface area (Å²) in [7, 11) is 0. The van der Waals surface area contributed by atoms with E-state index in [4.69, 9.17) is 16.0 Å². The molecule has 0 spiro atoms. The minimum absolute atomic E-state index is 0.135. The summed E-state index contributed by atoms with van der Waals surface area (Å²) in [4.78, 5) is 12.3. The molecular formula is C17H22ClNO2. The number of aryl methyl sites for hydroxylation is 1. The minimum atomic E-state index is -0.156. The average molecular weight is 308 g/mol. The second kappa shape index (κ2) is 6.52. The smallest absolute Gasteiger partial charge is 0.287 e. The van der Waals surface area contributed by atoms with E-state index in [-0.39, 0.29) is 11.9 Å². The highest BCUT2D eigenvalue weighted by atomic mass is 35.5. The maximum Gasteiger partial charge on any atom is 0.287 e. The third-order valence-corrected chi connectivity index (χ3v) is 3.89. The van der Waals surface area contributed by atoms with Crippen molar-refractivity contribution < 1.29 is 9.21 Å². The zero-order valence-corrected chi connectivity index (χ0v) is 13.8. The molecule has 0 aliphatic heterocycles. The van der Waals surface area contributed by atoms with Crippen molar-refractivity contribution in [1.82, 2.24) is 5.32 Å². The summed E-state index contributed by atoms with van der Waals surface area (Å²) in [5.41, 5.74) is 1.53. The van der Waals surface area contributed by atoms with Crippen LogP contribution in [0.25, 0.3) is 11.0 Å². The lowest BCUT2D eigenvalue weighted by Crippen LogP contribution is -2.32. The Morgan fingerprint density at radius 2 is 2.00 bits per heavy atom. The summed E-state index contributed by atoms with van der Waals surface area (Å²) < 4.78 is 5.67. The van der Waals surface area contributed by atoms with Gasteiger partial charge < -0.3 is 9.73 Å². The number of halogens is 1. The lowest BCUT2D eigenvalue weighted by atomic mass is 10.0. The Morgan fingerprint density at radius 1 is 1.29 bits per heavy atom. The molecule has 1 aromatic heterocycles. The number of benzene rings is 1. The summed E-state index contributed by atoms with van der Waals surface area (Å²) in [5.74, 6) is 0.860. The van der Waals surface area contributed by atoms with Gasteiger partial charge in [0.25, 0.3) is 5.91 Å². The first-order valence-corrected chi connectivity index (χ1v) is 7.75. The standard InChI is InChI=1S/C17H22ClNO2/c1-10(2)5-6-11(3)19-17(20)16-12(4)14-9-13(18)7-8-15(14)21-16/h7-11H,5-6H2,1-4H3,(H,19,20). The van der Waals surface area contributed by atoms with Gasteiger partial charge in [-0.2, -0.15) is 0 Å². The molecule has 0 aliphatic carbocycles. The third kappa shape index (κ3) is 3.79. The fourth-order valence-corrected chi connectivity index (χ4v) is 2.53. The van der Waals surface area contributed by atoms with E-state index in [1.807, 2.05) is 19.9 Å². The number of carbonyl (C=O) groups is 1. The van der Waals surface area contributed by atoms with Gasteiger partial charge in [-0.25, -0.2) is 0 Å². The highest BCUT2D eigenvalue weighted by molar-refractivity contribution is 6.31. The van der Waals surface area contributed by atoms with Crippen LogP contribution in [0.3, 0.4) is 0 Å². The van der Waals surface area contributed by atoms with Gasteiger partial charge in [0.05, 0.1) is 0 Å². The predicted molar refractivity (Wildman–Crippen MR) is 87.0 cm³/mol. The molecule has 0 saturated carbocycles. The first-order chi connectivity index (χ1) is 9.88. The van der Waals surface area contributed by atoms with Crippen LogP contribution in [0.2, 0.25) is 5.02 Å². The molecule has 0 saturated heterocycles. The largest absolute Gasteiger partial charge is 0.451 e. The van der Waals surface area contributed by atoms with Crippen LogP contribution in [0.5, 0.6) is 0 Å². The molecule has 114 valence electrons. The Hall–Kier alpha value is -1.48. The molecule has 0 bridgehead atoms. The number of fused-ring (bicyclic) bond motifs is 1. The normalized spacial score (nSPS) is 12.9. The first kappa shape index (κ1) is 15.9. The molecule has 2 rings (SSSR count). The Balaban J connectivity index is 2.14. The Morgan fingerprint density at radius 3 is 2.67 bits per heavy atom. The maximum absolute atomic E-state index is 12.3. The van der Waals surface area contributed by atoms with Crippen molar-refractivity contribution in [3.8, 4) is 0 Å². The van der Waals surface area contributed by atoms with Gasteiger partial charge in [0.15, 0.2) is 5.76 Å². The van der Waals surface area contributed by atoms with E-state index in [2.05, 4.69) is 19.2 Å². The summed E-state index contributed by atoms with van der Waals surface area (Å²) in [6.07, 6.45) is 2.06. The average Bonchev–Trinajstić information content (AvgIpc) is 2.74. The van der Waals surface area contributed by atoms with E-state index in [1.165, 1.54) is 0 Å². The van der Waals surface area contributed by atoms with Crippen LogP contribution in [-0.2, 0) is 0 Å². The highest BCUT2D eigenvalue weighted by Crippen LogP contribution is 2.27. The summed E-state index contributed by atoms with van der Waals surface area (Å²) >= 11 is 5.99. The molecule has 1 atom stereocenters. The number of amides is 1. The van der Waals surface area contributed by atoms with Crippen LogP contribution in [0.4, 0.5) is 0 Å². The SMILES string of the molecule is Cc1c(C(=O)NC(C)CCC(C)C)oc2ccc(Cl)cc12. The van der Waals surface area contributed by atoms with Gasteiger partial charge in [0.2, 0.25) is 0 Å².